The zero-order valence-electron chi connectivity index (χ0n) is 12.7. The van der Waals surface area contributed by atoms with Crippen molar-refractivity contribution in [3.05, 3.63) is 0 Å². The maximum Gasteiger partial charge on any atom is 0.153 e. The molecule has 0 spiro atoms. The van der Waals surface area contributed by atoms with Gasteiger partial charge in [0.2, 0.25) is 0 Å². The fourth-order valence-electron chi connectivity index (χ4n) is 4.04. The molecule has 2 rings (SSSR count). The summed E-state index contributed by atoms with van der Waals surface area (Å²) in [6.07, 6.45) is 11.2. The molecule has 2 atom stereocenters. The molecule has 2 aliphatic carbocycles. The predicted octanol–water partition coefficient (Wildman–Crippen LogP) is 4.72. The molecule has 2 saturated carbocycles. The Balaban J connectivity index is 2.08. The van der Waals surface area contributed by atoms with Crippen molar-refractivity contribution in [2.24, 2.45) is 11.3 Å². The maximum absolute atomic E-state index is 12.9. The Morgan fingerprint density at radius 1 is 1.05 bits per heavy atom. The minimum Gasteiger partial charge on any atom is -0.229 e. The Bertz CT molecular complexity index is 397. The van der Waals surface area contributed by atoms with Crippen LogP contribution in [0.15, 0.2) is 0 Å². The highest BCUT2D eigenvalue weighted by atomic mass is 79.9. The topological polar surface area (TPSA) is 34.1 Å². The van der Waals surface area contributed by atoms with Gasteiger partial charge in [-0.3, -0.25) is 0 Å². The second-order valence-corrected chi connectivity index (χ2v) is 10.1. The van der Waals surface area contributed by atoms with E-state index >= 15 is 0 Å². The zero-order valence-corrected chi connectivity index (χ0v) is 15.1. The Hall–Kier alpha value is 0.430. The van der Waals surface area contributed by atoms with Crippen LogP contribution in [0.3, 0.4) is 0 Å². The Morgan fingerprint density at radius 3 is 2.25 bits per heavy atom. The number of rotatable bonds is 4. The fraction of sp³-hybridized carbons (Fsp3) is 1.00. The second kappa shape index (κ2) is 7.13. The fourth-order valence-corrected chi connectivity index (χ4v) is 7.69. The third-order valence-electron chi connectivity index (χ3n) is 5.35. The average molecular weight is 365 g/mol. The van der Waals surface area contributed by atoms with Crippen molar-refractivity contribution in [3.8, 4) is 0 Å². The normalized spacial score (nSPS) is 31.7. The van der Waals surface area contributed by atoms with Gasteiger partial charge in [0.15, 0.2) is 9.84 Å². The number of hydrogen-bond acceptors (Lipinski definition) is 2. The van der Waals surface area contributed by atoms with Crippen molar-refractivity contribution in [1.82, 2.24) is 0 Å². The molecule has 0 N–H and O–H groups in total. The van der Waals surface area contributed by atoms with Crippen LogP contribution in [0, 0.1) is 11.3 Å². The van der Waals surface area contributed by atoms with Crippen LogP contribution in [0.4, 0.5) is 0 Å². The summed E-state index contributed by atoms with van der Waals surface area (Å²) >= 11 is 3.63. The van der Waals surface area contributed by atoms with E-state index in [4.69, 9.17) is 0 Å². The van der Waals surface area contributed by atoms with Crippen LogP contribution in [-0.4, -0.2) is 24.8 Å². The summed E-state index contributed by atoms with van der Waals surface area (Å²) in [5.41, 5.74) is 0.00994. The molecule has 2 nitrogen and oxygen atoms in total. The van der Waals surface area contributed by atoms with Crippen LogP contribution in [0.1, 0.15) is 71.1 Å². The lowest BCUT2D eigenvalue weighted by Crippen LogP contribution is -2.38. The first-order valence-electron chi connectivity index (χ1n) is 8.25. The van der Waals surface area contributed by atoms with E-state index in [0.29, 0.717) is 11.7 Å². The van der Waals surface area contributed by atoms with E-state index in [9.17, 15) is 8.42 Å². The van der Waals surface area contributed by atoms with Crippen LogP contribution < -0.4 is 0 Å². The van der Waals surface area contributed by atoms with Crippen LogP contribution in [0.25, 0.3) is 0 Å². The zero-order chi connectivity index (χ0) is 14.6. The molecule has 0 radical (unpaired) electrons. The lowest BCUT2D eigenvalue weighted by Gasteiger charge is -2.34. The van der Waals surface area contributed by atoms with Crippen molar-refractivity contribution < 1.29 is 8.42 Å². The quantitative estimate of drug-likeness (QED) is 0.534. The van der Waals surface area contributed by atoms with E-state index in [-0.39, 0.29) is 10.7 Å². The molecule has 2 fully saturated rings. The number of halogens is 1. The molecule has 0 aromatic rings. The van der Waals surface area contributed by atoms with Gasteiger partial charge >= 0.3 is 0 Å². The minimum absolute atomic E-state index is 0.00994. The summed E-state index contributed by atoms with van der Waals surface area (Å²) in [5, 5.41) is 0.784. The first-order valence-corrected chi connectivity index (χ1v) is 11.1. The molecule has 0 aromatic carbocycles. The van der Waals surface area contributed by atoms with E-state index < -0.39 is 9.84 Å². The molecule has 20 heavy (non-hydrogen) atoms. The smallest absolute Gasteiger partial charge is 0.153 e. The van der Waals surface area contributed by atoms with Crippen LogP contribution >= 0.6 is 15.9 Å². The van der Waals surface area contributed by atoms with Crippen molar-refractivity contribution >= 4 is 25.8 Å². The largest absolute Gasteiger partial charge is 0.229 e. The summed E-state index contributed by atoms with van der Waals surface area (Å²) < 4.78 is 25.7. The highest BCUT2D eigenvalue weighted by Crippen LogP contribution is 2.40. The van der Waals surface area contributed by atoms with E-state index in [1.165, 1.54) is 32.1 Å². The molecule has 0 aliphatic heterocycles. The standard InChI is InChI=1S/C16H29BrO2S/c1-14-7-6-8-15(11-14)20(18,19)13-16(12-17)9-4-2-3-5-10-16/h14-15H,2-13H2,1H3. The number of hydrogen-bond donors (Lipinski definition) is 0. The van der Waals surface area contributed by atoms with Gasteiger partial charge in [0.1, 0.15) is 0 Å². The second-order valence-electron chi connectivity index (χ2n) is 7.25. The van der Waals surface area contributed by atoms with Gasteiger partial charge in [-0.25, -0.2) is 8.42 Å². The third-order valence-corrected chi connectivity index (χ3v) is 9.00. The van der Waals surface area contributed by atoms with Crippen molar-refractivity contribution in [3.63, 3.8) is 0 Å². The molecule has 2 aliphatic rings. The van der Waals surface area contributed by atoms with E-state index in [1.807, 2.05) is 0 Å². The molecule has 2 unspecified atom stereocenters. The summed E-state index contributed by atoms with van der Waals surface area (Å²) in [6, 6.07) is 0. The Kier molecular flexibility index (Phi) is 5.98. The van der Waals surface area contributed by atoms with Crippen LogP contribution in [0.2, 0.25) is 0 Å². The van der Waals surface area contributed by atoms with Crippen molar-refractivity contribution in [1.29, 1.82) is 0 Å². The van der Waals surface area contributed by atoms with Gasteiger partial charge in [0.05, 0.1) is 11.0 Å². The SMILES string of the molecule is CC1CCCC(S(=O)(=O)CC2(CBr)CCCCCC2)C1. The highest BCUT2D eigenvalue weighted by Gasteiger charge is 2.39. The molecule has 4 heteroatoms. The molecule has 0 amide bonds. The lowest BCUT2D eigenvalue weighted by atomic mass is 9.85. The highest BCUT2D eigenvalue weighted by molar-refractivity contribution is 9.09. The van der Waals surface area contributed by atoms with Gasteiger partial charge in [-0.15, -0.1) is 0 Å². The third kappa shape index (κ3) is 4.22. The van der Waals surface area contributed by atoms with Gasteiger partial charge in [0.25, 0.3) is 0 Å². The van der Waals surface area contributed by atoms with Gasteiger partial charge in [-0.05, 0) is 37.0 Å². The Morgan fingerprint density at radius 2 is 1.70 bits per heavy atom. The maximum atomic E-state index is 12.9. The van der Waals surface area contributed by atoms with Crippen LogP contribution in [-0.2, 0) is 9.84 Å². The summed E-state index contributed by atoms with van der Waals surface area (Å²) in [4.78, 5) is 0. The van der Waals surface area contributed by atoms with E-state index in [1.54, 1.807) is 0 Å². The van der Waals surface area contributed by atoms with E-state index in [2.05, 4.69) is 22.9 Å². The van der Waals surface area contributed by atoms with E-state index in [0.717, 1.165) is 37.4 Å². The lowest BCUT2D eigenvalue weighted by molar-refractivity contribution is 0.321. The summed E-state index contributed by atoms with van der Waals surface area (Å²) in [7, 11) is -2.93. The summed E-state index contributed by atoms with van der Waals surface area (Å²) in [5.74, 6) is 1.00. The summed E-state index contributed by atoms with van der Waals surface area (Å²) in [6.45, 7) is 2.20. The first kappa shape index (κ1) is 16.8. The molecule has 0 saturated heterocycles. The molecular formula is C16H29BrO2S. The van der Waals surface area contributed by atoms with Gasteiger partial charge < -0.3 is 0 Å². The van der Waals surface area contributed by atoms with Gasteiger partial charge in [-0.2, -0.15) is 0 Å². The number of alkyl halides is 1. The molecule has 0 bridgehead atoms. The Labute approximate surface area is 133 Å². The average Bonchev–Trinajstić information content (AvgIpc) is 2.64. The molecule has 118 valence electrons. The predicted molar refractivity (Wildman–Crippen MR) is 89.1 cm³/mol. The van der Waals surface area contributed by atoms with Gasteiger partial charge in [-0.1, -0.05) is 61.4 Å². The molecule has 0 aromatic heterocycles. The monoisotopic (exact) mass is 364 g/mol. The molecular weight excluding hydrogens is 336 g/mol. The van der Waals surface area contributed by atoms with Crippen molar-refractivity contribution in [2.45, 2.75) is 76.4 Å². The minimum atomic E-state index is -2.93. The van der Waals surface area contributed by atoms with Crippen molar-refractivity contribution in [2.75, 3.05) is 11.1 Å². The first-order chi connectivity index (χ1) is 9.47. The number of sulfone groups is 1. The van der Waals surface area contributed by atoms with Crippen LogP contribution in [0.5, 0.6) is 0 Å². The van der Waals surface area contributed by atoms with Gasteiger partial charge in [0, 0.05) is 5.33 Å². The molecule has 0 heterocycles.